The highest BCUT2D eigenvalue weighted by atomic mass is 19.1. The fourth-order valence-electron chi connectivity index (χ4n) is 1.76. The Balaban J connectivity index is 2.54. The summed E-state index contributed by atoms with van der Waals surface area (Å²) in [5.41, 5.74) is -0.00399. The highest BCUT2D eigenvalue weighted by Crippen LogP contribution is 2.13. The number of hydrogen-bond donors (Lipinski definition) is 3. The molecule has 0 fully saturated rings. The van der Waals surface area contributed by atoms with Crippen molar-refractivity contribution in [2.45, 2.75) is 20.4 Å². The number of hydrogen-bond acceptors (Lipinski definition) is 2. The highest BCUT2D eigenvalue weighted by Gasteiger charge is 2.26. The molecular formula is C15H23FN4O. The minimum atomic E-state index is -0.565. The van der Waals surface area contributed by atoms with Gasteiger partial charge >= 0.3 is 0 Å². The maximum absolute atomic E-state index is 13.5. The van der Waals surface area contributed by atoms with E-state index in [0.29, 0.717) is 24.6 Å². The number of rotatable bonds is 5. The molecule has 21 heavy (non-hydrogen) atoms. The van der Waals surface area contributed by atoms with Gasteiger partial charge in [0.2, 0.25) is 5.91 Å². The molecule has 6 heteroatoms. The monoisotopic (exact) mass is 294 g/mol. The second-order valence-electron chi connectivity index (χ2n) is 5.33. The second-order valence-corrected chi connectivity index (χ2v) is 5.33. The van der Waals surface area contributed by atoms with E-state index in [0.717, 1.165) is 0 Å². The molecule has 0 aromatic heterocycles. The van der Waals surface area contributed by atoms with E-state index in [-0.39, 0.29) is 11.7 Å². The molecule has 1 amide bonds. The molecular weight excluding hydrogens is 271 g/mol. The predicted molar refractivity (Wildman–Crippen MR) is 82.4 cm³/mol. The van der Waals surface area contributed by atoms with Gasteiger partial charge in [-0.15, -0.1) is 0 Å². The number of carbonyl (C=O) groups excluding carboxylic acids is 1. The zero-order chi connectivity index (χ0) is 15.9. The Kier molecular flexibility index (Phi) is 6.14. The molecule has 0 spiro atoms. The number of halogens is 1. The van der Waals surface area contributed by atoms with E-state index in [2.05, 4.69) is 20.9 Å². The van der Waals surface area contributed by atoms with Gasteiger partial charge in [-0.2, -0.15) is 0 Å². The van der Waals surface area contributed by atoms with Gasteiger partial charge in [0.05, 0.1) is 5.41 Å². The van der Waals surface area contributed by atoms with Gasteiger partial charge in [0.15, 0.2) is 5.96 Å². The van der Waals surface area contributed by atoms with Gasteiger partial charge in [0.25, 0.3) is 0 Å². The van der Waals surface area contributed by atoms with E-state index in [1.54, 1.807) is 32.3 Å². The van der Waals surface area contributed by atoms with Crippen LogP contribution in [0.5, 0.6) is 0 Å². The van der Waals surface area contributed by atoms with Crippen LogP contribution in [-0.2, 0) is 11.3 Å². The van der Waals surface area contributed by atoms with Crippen molar-refractivity contribution in [2.75, 3.05) is 20.6 Å². The van der Waals surface area contributed by atoms with Crippen molar-refractivity contribution in [3.05, 3.63) is 35.6 Å². The van der Waals surface area contributed by atoms with Gasteiger partial charge < -0.3 is 16.0 Å². The quantitative estimate of drug-likeness (QED) is 0.566. The van der Waals surface area contributed by atoms with Crippen LogP contribution < -0.4 is 16.0 Å². The van der Waals surface area contributed by atoms with E-state index >= 15 is 0 Å². The largest absolute Gasteiger partial charge is 0.359 e. The number of nitrogens with zero attached hydrogens (tertiary/aromatic N) is 1. The van der Waals surface area contributed by atoms with Crippen molar-refractivity contribution >= 4 is 11.9 Å². The summed E-state index contributed by atoms with van der Waals surface area (Å²) in [5.74, 6) is 0.209. The molecule has 3 N–H and O–H groups in total. The van der Waals surface area contributed by atoms with Crippen LogP contribution in [0, 0.1) is 11.2 Å². The van der Waals surface area contributed by atoms with Crippen LogP contribution in [0.2, 0.25) is 0 Å². The molecule has 0 unspecified atom stereocenters. The summed E-state index contributed by atoms with van der Waals surface area (Å²) in [6, 6.07) is 6.56. The first-order valence-corrected chi connectivity index (χ1v) is 6.81. The molecule has 0 atom stereocenters. The first-order chi connectivity index (χ1) is 9.90. The zero-order valence-corrected chi connectivity index (χ0v) is 13.0. The second kappa shape index (κ2) is 7.61. The Morgan fingerprint density at radius 3 is 2.52 bits per heavy atom. The average molecular weight is 294 g/mol. The highest BCUT2D eigenvalue weighted by molar-refractivity contribution is 5.84. The number of benzene rings is 1. The summed E-state index contributed by atoms with van der Waals surface area (Å²) in [6.07, 6.45) is 0. The zero-order valence-electron chi connectivity index (χ0n) is 13.0. The van der Waals surface area contributed by atoms with Crippen molar-refractivity contribution < 1.29 is 9.18 Å². The Morgan fingerprint density at radius 1 is 1.29 bits per heavy atom. The third-order valence-electron chi connectivity index (χ3n) is 3.17. The fourth-order valence-corrected chi connectivity index (χ4v) is 1.76. The molecule has 0 aliphatic carbocycles. The molecule has 0 saturated heterocycles. The van der Waals surface area contributed by atoms with Crippen molar-refractivity contribution in [1.82, 2.24) is 16.0 Å². The van der Waals surface area contributed by atoms with Gasteiger partial charge in [-0.3, -0.25) is 9.79 Å². The van der Waals surface area contributed by atoms with Crippen molar-refractivity contribution in [3.63, 3.8) is 0 Å². The van der Waals surface area contributed by atoms with Crippen LogP contribution in [-0.4, -0.2) is 32.5 Å². The minimum Gasteiger partial charge on any atom is -0.359 e. The number of aliphatic imine (C=N–C) groups is 1. The Hall–Kier alpha value is -2.11. The van der Waals surface area contributed by atoms with Gasteiger partial charge in [0, 0.05) is 32.7 Å². The third kappa shape index (κ3) is 5.06. The third-order valence-corrected chi connectivity index (χ3v) is 3.17. The minimum absolute atomic E-state index is 0.0560. The molecule has 0 aliphatic heterocycles. The van der Waals surface area contributed by atoms with E-state index in [1.165, 1.54) is 6.07 Å². The molecule has 0 aliphatic rings. The average Bonchev–Trinajstić information content (AvgIpc) is 2.48. The maximum Gasteiger partial charge on any atom is 0.227 e. The van der Waals surface area contributed by atoms with Crippen LogP contribution in [0.3, 0.4) is 0 Å². The lowest BCUT2D eigenvalue weighted by molar-refractivity contribution is -0.128. The van der Waals surface area contributed by atoms with E-state index < -0.39 is 5.41 Å². The maximum atomic E-state index is 13.5. The molecule has 0 radical (unpaired) electrons. The smallest absolute Gasteiger partial charge is 0.227 e. The van der Waals surface area contributed by atoms with Crippen LogP contribution in [0.1, 0.15) is 19.4 Å². The summed E-state index contributed by atoms with van der Waals surface area (Å²) < 4.78 is 13.5. The first kappa shape index (κ1) is 16.9. The molecule has 5 nitrogen and oxygen atoms in total. The molecule has 1 rings (SSSR count). The summed E-state index contributed by atoms with van der Waals surface area (Å²) in [4.78, 5) is 15.8. The van der Waals surface area contributed by atoms with Crippen LogP contribution in [0.15, 0.2) is 29.3 Å². The van der Waals surface area contributed by atoms with Crippen molar-refractivity contribution in [2.24, 2.45) is 10.4 Å². The Bertz CT molecular complexity index is 514. The molecule has 0 bridgehead atoms. The summed E-state index contributed by atoms with van der Waals surface area (Å²) in [6.45, 7) is 4.42. The van der Waals surface area contributed by atoms with E-state index in [9.17, 15) is 9.18 Å². The lowest BCUT2D eigenvalue weighted by Gasteiger charge is -2.24. The topological polar surface area (TPSA) is 65.5 Å². The van der Waals surface area contributed by atoms with Gasteiger partial charge in [0.1, 0.15) is 5.82 Å². The molecule has 0 heterocycles. The number of nitrogens with one attached hydrogen (secondary N) is 3. The van der Waals surface area contributed by atoms with Crippen LogP contribution in [0.25, 0.3) is 0 Å². The molecule has 0 saturated carbocycles. The molecule has 116 valence electrons. The van der Waals surface area contributed by atoms with Crippen LogP contribution >= 0.6 is 0 Å². The predicted octanol–water partition coefficient (Wildman–Crippen LogP) is 1.26. The molecule has 1 aromatic rings. The SMILES string of the molecule is CN=C(NCc1ccccc1F)NCC(C)(C)C(=O)NC. The lowest BCUT2D eigenvalue weighted by atomic mass is 9.92. The Morgan fingerprint density at radius 2 is 1.95 bits per heavy atom. The number of guanidine groups is 1. The van der Waals surface area contributed by atoms with Gasteiger partial charge in [-0.05, 0) is 19.9 Å². The number of carbonyl (C=O) groups is 1. The lowest BCUT2D eigenvalue weighted by Crippen LogP contribution is -2.47. The normalized spacial score (nSPS) is 12.0. The molecule has 1 aromatic carbocycles. The van der Waals surface area contributed by atoms with Crippen molar-refractivity contribution in [1.29, 1.82) is 0 Å². The first-order valence-electron chi connectivity index (χ1n) is 6.81. The van der Waals surface area contributed by atoms with Gasteiger partial charge in [-0.25, -0.2) is 4.39 Å². The van der Waals surface area contributed by atoms with Crippen molar-refractivity contribution in [3.8, 4) is 0 Å². The summed E-state index contributed by atoms with van der Waals surface area (Å²) in [5, 5.41) is 8.72. The summed E-state index contributed by atoms with van der Waals surface area (Å²) >= 11 is 0. The Labute approximate surface area is 125 Å². The van der Waals surface area contributed by atoms with Gasteiger partial charge in [-0.1, -0.05) is 18.2 Å². The standard InChI is InChI=1S/C15H23FN4O/c1-15(2,13(21)17-3)10-20-14(18-4)19-9-11-7-5-6-8-12(11)16/h5-8H,9-10H2,1-4H3,(H,17,21)(H2,18,19,20). The number of amides is 1. The van der Waals surface area contributed by atoms with Crippen LogP contribution in [0.4, 0.5) is 4.39 Å². The summed E-state index contributed by atoms with van der Waals surface area (Å²) in [7, 11) is 3.24. The van der Waals surface area contributed by atoms with E-state index in [4.69, 9.17) is 0 Å². The van der Waals surface area contributed by atoms with E-state index in [1.807, 2.05) is 13.8 Å². The fraction of sp³-hybridized carbons (Fsp3) is 0.467.